The van der Waals surface area contributed by atoms with Gasteiger partial charge in [-0.1, -0.05) is 0 Å². The van der Waals surface area contributed by atoms with E-state index in [4.69, 9.17) is 16.3 Å². The molecular weight excluding hydrogens is 250 g/mol. The number of allylic oxidation sites excluding steroid dienone is 2. The third-order valence-corrected chi connectivity index (χ3v) is 2.08. The molecule has 0 fully saturated rings. The van der Waals surface area contributed by atoms with E-state index in [0.29, 0.717) is 22.5 Å². The summed E-state index contributed by atoms with van der Waals surface area (Å²) in [6.45, 7) is 3.74. The van der Waals surface area contributed by atoms with E-state index in [9.17, 15) is 4.79 Å². The molecule has 0 radical (unpaired) electrons. The third-order valence-electron chi connectivity index (χ3n) is 1.40. The maximum Gasteiger partial charge on any atom is 0.333 e. The molecule has 0 amide bonds. The van der Waals surface area contributed by atoms with Crippen LogP contribution < -0.4 is 17.0 Å². The van der Waals surface area contributed by atoms with Crippen molar-refractivity contribution in [3.8, 4) is 0 Å². The summed E-state index contributed by atoms with van der Waals surface area (Å²) in [7, 11) is 0. The number of quaternary nitrogens is 1. The molecule has 0 spiro atoms. The van der Waals surface area contributed by atoms with Crippen molar-refractivity contribution >= 4 is 21.9 Å². The van der Waals surface area contributed by atoms with Crippen LogP contribution in [-0.4, -0.2) is 12.6 Å². The van der Waals surface area contributed by atoms with Gasteiger partial charge in [0.15, 0.2) is 0 Å². The molecule has 6 heteroatoms. The van der Waals surface area contributed by atoms with Crippen LogP contribution in [0.2, 0.25) is 0 Å². The van der Waals surface area contributed by atoms with E-state index in [1.807, 2.05) is 0 Å². The maximum absolute atomic E-state index is 11.2. The molecule has 5 nitrogen and oxygen atoms in total. The van der Waals surface area contributed by atoms with Crippen LogP contribution in [0.25, 0.3) is 0 Å². The molecule has 0 aromatic rings. The molecule has 6 N–H and O–H groups in total. The average Bonchev–Trinajstić information content (AvgIpc) is 2.16. The second kappa shape index (κ2) is 6.58. The Labute approximate surface area is 91.3 Å². The van der Waals surface area contributed by atoms with Gasteiger partial charge in [-0.15, -0.1) is 0 Å². The first-order valence-corrected chi connectivity index (χ1v) is 4.87. The molecule has 0 saturated heterocycles. The minimum Gasteiger partial charge on any atom is -0.463 e. The molecule has 0 aromatic heterocycles. The highest BCUT2D eigenvalue weighted by atomic mass is 79.9. The number of carbonyl (C=O) groups is 1. The van der Waals surface area contributed by atoms with Crippen molar-refractivity contribution in [1.82, 2.24) is 0 Å². The number of halogens is 1. The van der Waals surface area contributed by atoms with E-state index in [1.165, 1.54) is 5.43 Å². The van der Waals surface area contributed by atoms with Crippen LogP contribution in [-0.2, 0) is 9.53 Å². The summed E-state index contributed by atoms with van der Waals surface area (Å²) in [5, 5.41) is 0. The minimum atomic E-state index is -0.366. The van der Waals surface area contributed by atoms with Gasteiger partial charge in [0.1, 0.15) is 0 Å². The fraction of sp³-hybridized carbons (Fsp3) is 0.375. The standard InChI is InChI=1S/C8H14BrN3O2/c1-3-14-8(13)5(2)4-6(9)7(10)12-11/h4,12H,3,10-11H2,1-2H3/p+1/b5-4+,7-6+. The van der Waals surface area contributed by atoms with E-state index >= 15 is 0 Å². The molecule has 0 aliphatic heterocycles. The molecule has 0 bridgehead atoms. The van der Waals surface area contributed by atoms with Crippen molar-refractivity contribution in [3.05, 3.63) is 22.0 Å². The average molecular weight is 265 g/mol. The van der Waals surface area contributed by atoms with Gasteiger partial charge in [-0.05, 0) is 35.9 Å². The van der Waals surface area contributed by atoms with Crippen molar-refractivity contribution in [1.29, 1.82) is 0 Å². The summed E-state index contributed by atoms with van der Waals surface area (Å²) < 4.78 is 5.35. The monoisotopic (exact) mass is 264 g/mol. The second-order valence-electron chi connectivity index (χ2n) is 2.52. The van der Waals surface area contributed by atoms with Crippen molar-refractivity contribution in [2.24, 2.45) is 11.6 Å². The molecule has 0 heterocycles. The van der Waals surface area contributed by atoms with Crippen LogP contribution in [0.3, 0.4) is 0 Å². The molecule has 0 aliphatic rings. The molecule has 0 aliphatic carbocycles. The van der Waals surface area contributed by atoms with Crippen molar-refractivity contribution < 1.29 is 15.0 Å². The highest BCUT2D eigenvalue weighted by Crippen LogP contribution is 2.10. The van der Waals surface area contributed by atoms with Gasteiger partial charge in [0.2, 0.25) is 5.82 Å². The summed E-state index contributed by atoms with van der Waals surface area (Å²) in [5.74, 6) is 5.20. The molecule has 0 atom stereocenters. The summed E-state index contributed by atoms with van der Waals surface area (Å²) in [6, 6.07) is 0. The topological polar surface area (TPSA) is 95.0 Å². The minimum absolute atomic E-state index is 0.351. The van der Waals surface area contributed by atoms with Crippen LogP contribution in [0, 0.1) is 0 Å². The van der Waals surface area contributed by atoms with E-state index in [0.717, 1.165) is 0 Å². The molecular formula is C8H15BrN3O2+. The van der Waals surface area contributed by atoms with Gasteiger partial charge in [-0.3, -0.25) is 0 Å². The lowest BCUT2D eigenvalue weighted by Gasteiger charge is -2.01. The lowest BCUT2D eigenvalue weighted by atomic mass is 10.3. The number of hydrogen-bond acceptors (Lipinski definition) is 4. The Morgan fingerprint density at radius 3 is 2.64 bits per heavy atom. The molecule has 0 unspecified atom stereocenters. The maximum atomic E-state index is 11.2. The van der Waals surface area contributed by atoms with Gasteiger partial charge >= 0.3 is 5.97 Å². The van der Waals surface area contributed by atoms with Crippen molar-refractivity contribution in [2.45, 2.75) is 13.8 Å². The van der Waals surface area contributed by atoms with Crippen molar-refractivity contribution in [3.63, 3.8) is 0 Å². The van der Waals surface area contributed by atoms with Gasteiger partial charge in [0.05, 0.1) is 11.1 Å². The molecule has 0 saturated carbocycles. The zero-order chi connectivity index (χ0) is 11.1. The normalized spacial score (nSPS) is 13.6. The Hall–Kier alpha value is -0.850. The first-order chi connectivity index (χ1) is 6.52. The smallest absolute Gasteiger partial charge is 0.333 e. The lowest BCUT2D eigenvalue weighted by Crippen LogP contribution is -2.91. The summed E-state index contributed by atoms with van der Waals surface area (Å²) in [4.78, 5) is 11.2. The number of rotatable bonds is 4. The number of esters is 1. The number of hydrogen-bond donors (Lipinski definition) is 3. The van der Waals surface area contributed by atoms with E-state index < -0.39 is 0 Å². The first-order valence-electron chi connectivity index (χ1n) is 4.08. The fourth-order valence-electron chi connectivity index (χ4n) is 0.657. The Bertz CT molecular complexity index is 274. The highest BCUT2D eigenvalue weighted by molar-refractivity contribution is 9.11. The zero-order valence-electron chi connectivity index (χ0n) is 8.21. The Morgan fingerprint density at radius 1 is 1.64 bits per heavy atom. The quantitative estimate of drug-likeness (QED) is 0.209. The SMILES string of the molecule is CCOC(=O)/C(C)=C/C(Br)=C(/N)[NH2+]N. The molecule has 80 valence electrons. The van der Waals surface area contributed by atoms with Crippen LogP contribution in [0.1, 0.15) is 13.8 Å². The first kappa shape index (κ1) is 13.2. The predicted octanol–water partition coefficient (Wildman–Crippen LogP) is -0.544. The Kier molecular flexibility index (Phi) is 6.18. The van der Waals surface area contributed by atoms with E-state index in [-0.39, 0.29) is 5.97 Å². The van der Waals surface area contributed by atoms with Crippen LogP contribution in [0.5, 0.6) is 0 Å². The van der Waals surface area contributed by atoms with Gasteiger partial charge in [0.25, 0.3) is 0 Å². The highest BCUT2D eigenvalue weighted by Gasteiger charge is 2.07. The van der Waals surface area contributed by atoms with Crippen LogP contribution in [0.4, 0.5) is 0 Å². The van der Waals surface area contributed by atoms with Gasteiger partial charge in [0, 0.05) is 5.57 Å². The fourth-order valence-corrected chi connectivity index (χ4v) is 1.13. The van der Waals surface area contributed by atoms with Crippen LogP contribution in [0.15, 0.2) is 22.0 Å². The van der Waals surface area contributed by atoms with Crippen LogP contribution >= 0.6 is 15.9 Å². The second-order valence-corrected chi connectivity index (χ2v) is 3.37. The number of nitrogens with two attached hydrogens (primary N) is 3. The number of carbonyl (C=O) groups excluding carboxylic acids is 1. The molecule has 14 heavy (non-hydrogen) atoms. The van der Waals surface area contributed by atoms with Gasteiger partial charge < -0.3 is 10.5 Å². The lowest BCUT2D eigenvalue weighted by molar-refractivity contribution is -0.620. The van der Waals surface area contributed by atoms with Crippen molar-refractivity contribution in [2.75, 3.05) is 6.61 Å². The predicted molar refractivity (Wildman–Crippen MR) is 56.6 cm³/mol. The largest absolute Gasteiger partial charge is 0.463 e. The van der Waals surface area contributed by atoms with E-state index in [1.54, 1.807) is 19.9 Å². The third kappa shape index (κ3) is 4.40. The molecule has 0 rings (SSSR count). The summed E-state index contributed by atoms with van der Waals surface area (Å²) in [6.07, 6.45) is 1.57. The van der Waals surface area contributed by atoms with Gasteiger partial charge in [-0.2, -0.15) is 5.84 Å². The molecule has 0 aromatic carbocycles. The van der Waals surface area contributed by atoms with E-state index in [2.05, 4.69) is 15.9 Å². The summed E-state index contributed by atoms with van der Waals surface area (Å²) >= 11 is 3.18. The Morgan fingerprint density at radius 2 is 2.21 bits per heavy atom. The zero-order valence-corrected chi connectivity index (χ0v) is 9.80. The number of ether oxygens (including phenoxy) is 1. The van der Waals surface area contributed by atoms with Gasteiger partial charge in [-0.25, -0.2) is 10.2 Å². The Balaban J connectivity index is 4.59. The summed E-state index contributed by atoms with van der Waals surface area (Å²) in [5.41, 5.74) is 7.20.